The maximum Gasteiger partial charge on any atom is 1.00 e. The van der Waals surface area contributed by atoms with Crippen molar-refractivity contribution >= 4 is 13.3 Å². The monoisotopic (exact) mass is 241 g/mol. The molecule has 0 N–H and O–H groups in total. The van der Waals surface area contributed by atoms with Gasteiger partial charge in [0.05, 0.1) is 0 Å². The first-order chi connectivity index (χ1) is 7.36. The number of hydrogen-bond acceptors (Lipinski definition) is 2. The van der Waals surface area contributed by atoms with Crippen molar-refractivity contribution in [1.29, 1.82) is 0 Å². The van der Waals surface area contributed by atoms with E-state index >= 15 is 0 Å². The van der Waals surface area contributed by atoms with E-state index in [1.54, 1.807) is 24.3 Å². The second-order valence-electron chi connectivity index (χ2n) is 3.00. The number of benzene rings is 2. The second-order valence-corrected chi connectivity index (χ2v) is 4.21. The summed E-state index contributed by atoms with van der Waals surface area (Å²) in [5, 5.41) is 0.705. The van der Waals surface area contributed by atoms with Crippen molar-refractivity contribution in [3.63, 3.8) is 0 Å². The molecule has 76 valence electrons. The molecule has 16 heavy (non-hydrogen) atoms. The van der Waals surface area contributed by atoms with Crippen LogP contribution in [0.25, 0.3) is 0 Å². The van der Waals surface area contributed by atoms with E-state index in [1.807, 2.05) is 36.4 Å². The molecule has 1 atom stereocenters. The molecule has 0 saturated carbocycles. The van der Waals surface area contributed by atoms with Crippen molar-refractivity contribution in [2.45, 2.75) is 0 Å². The first-order valence-corrected chi connectivity index (χ1v) is 5.79. The van der Waals surface area contributed by atoms with Crippen molar-refractivity contribution in [3.8, 4) is 5.75 Å². The Kier molecular flexibility index (Phi) is 5.72. The predicted octanol–water partition coefficient (Wildman–Crippen LogP) is 0.250. The fourth-order valence-electron chi connectivity index (χ4n) is 1.18. The van der Waals surface area contributed by atoms with E-state index in [4.69, 9.17) is 4.52 Å². The summed E-state index contributed by atoms with van der Waals surface area (Å²) in [6.45, 7) is 0. The fraction of sp³-hybridized carbons (Fsp3) is 0. The molecule has 2 aromatic rings. The van der Waals surface area contributed by atoms with Crippen molar-refractivity contribution < 1.29 is 40.1 Å². The van der Waals surface area contributed by atoms with Gasteiger partial charge < -0.3 is 1.43 Å². The first kappa shape index (κ1) is 13.4. The molecule has 2 rings (SSSR count). The number of para-hydroxylation sites is 1. The topological polar surface area (TPSA) is 26.3 Å². The zero-order valence-electron chi connectivity index (χ0n) is 10.0. The van der Waals surface area contributed by atoms with Crippen LogP contribution >= 0.6 is 8.03 Å². The Bertz CT molecular complexity index is 451. The Morgan fingerprint density at radius 1 is 0.875 bits per heavy atom. The Morgan fingerprint density at radius 3 is 1.94 bits per heavy atom. The predicted molar refractivity (Wildman–Crippen MR) is 61.9 cm³/mol. The van der Waals surface area contributed by atoms with Crippen LogP contribution in [-0.2, 0) is 4.57 Å². The minimum Gasteiger partial charge on any atom is -1.00 e. The first-order valence-electron chi connectivity index (χ1n) is 4.61. The Balaban J connectivity index is 0.00000128. The van der Waals surface area contributed by atoms with Crippen molar-refractivity contribution in [2.75, 3.05) is 0 Å². The van der Waals surface area contributed by atoms with E-state index in [0.29, 0.717) is 11.1 Å². The van der Waals surface area contributed by atoms with Crippen LogP contribution in [0.4, 0.5) is 0 Å². The van der Waals surface area contributed by atoms with Gasteiger partial charge in [0, 0.05) is 0 Å². The number of rotatable bonds is 3. The van der Waals surface area contributed by atoms with E-state index in [9.17, 15) is 4.57 Å². The van der Waals surface area contributed by atoms with Crippen LogP contribution in [-0.4, -0.2) is 0 Å². The molecule has 0 aliphatic carbocycles. The van der Waals surface area contributed by atoms with Gasteiger partial charge in [-0.15, -0.1) is 0 Å². The largest absolute Gasteiger partial charge is 1.00 e. The Morgan fingerprint density at radius 2 is 1.38 bits per heavy atom. The van der Waals surface area contributed by atoms with E-state index in [0.717, 1.165) is 0 Å². The van der Waals surface area contributed by atoms with Gasteiger partial charge in [0.15, 0.2) is 5.75 Å². The molecule has 2 aromatic carbocycles. The van der Waals surface area contributed by atoms with Crippen LogP contribution in [0.5, 0.6) is 5.75 Å². The molecule has 4 heteroatoms. The molecule has 0 bridgehead atoms. The van der Waals surface area contributed by atoms with Gasteiger partial charge in [-0.2, -0.15) is 0 Å². The van der Waals surface area contributed by atoms with E-state index in [1.165, 1.54) is 0 Å². The molecule has 0 spiro atoms. The normalized spacial score (nSPS) is 10.1. The van der Waals surface area contributed by atoms with Gasteiger partial charge in [0.1, 0.15) is 0 Å². The van der Waals surface area contributed by atoms with Crippen LogP contribution < -0.4 is 39.4 Å². The molecule has 0 amide bonds. The quantitative estimate of drug-likeness (QED) is 0.569. The van der Waals surface area contributed by atoms with Gasteiger partial charge in [0.2, 0.25) is 5.30 Å². The summed E-state index contributed by atoms with van der Waals surface area (Å²) in [5.74, 6) is 0.627. The summed E-state index contributed by atoms with van der Waals surface area (Å²) in [7, 11) is -1.80. The smallest absolute Gasteiger partial charge is 1.00 e. The minimum absolute atomic E-state index is 0. The van der Waals surface area contributed by atoms with Gasteiger partial charge in [0.25, 0.3) is 0 Å². The van der Waals surface area contributed by atoms with Gasteiger partial charge in [-0.25, -0.2) is 0 Å². The van der Waals surface area contributed by atoms with Crippen LogP contribution in [0.1, 0.15) is 1.43 Å². The Hall–Kier alpha value is -0.660. The zero-order chi connectivity index (χ0) is 10.5. The summed E-state index contributed by atoms with van der Waals surface area (Å²) in [4.78, 5) is 0. The van der Waals surface area contributed by atoms with Crippen molar-refractivity contribution in [2.24, 2.45) is 0 Å². The average Bonchev–Trinajstić information content (AvgIpc) is 2.31. The summed E-state index contributed by atoms with van der Waals surface area (Å²) < 4.78 is 17.0. The molecule has 0 aromatic heterocycles. The van der Waals surface area contributed by atoms with Crippen LogP contribution in [0.2, 0.25) is 0 Å². The third-order valence-electron chi connectivity index (χ3n) is 1.90. The molecule has 0 radical (unpaired) electrons. The van der Waals surface area contributed by atoms with Crippen LogP contribution in [0, 0.1) is 0 Å². The summed E-state index contributed by atoms with van der Waals surface area (Å²) in [6.07, 6.45) is 0. The molecule has 0 saturated heterocycles. The minimum atomic E-state index is -1.80. The molecule has 1 unspecified atom stereocenters. The molecule has 0 aliphatic heterocycles. The third kappa shape index (κ3) is 3.73. The number of hydrogen-bond donors (Lipinski definition) is 0. The SMILES string of the molecule is O=[P+](Oc1ccccc1)c1ccccc1.[H-].[Na+]. The van der Waals surface area contributed by atoms with E-state index in [-0.39, 0.29) is 31.0 Å². The molecule has 2 nitrogen and oxygen atoms in total. The molecule has 0 fully saturated rings. The van der Waals surface area contributed by atoms with Gasteiger partial charge in [-0.3, -0.25) is 4.52 Å². The van der Waals surface area contributed by atoms with Crippen molar-refractivity contribution in [3.05, 3.63) is 60.7 Å². The molecule has 0 heterocycles. The average molecular weight is 241 g/mol. The van der Waals surface area contributed by atoms with Crippen LogP contribution in [0.15, 0.2) is 60.7 Å². The standard InChI is InChI=1S/C12H10O2P.Na.H/c13-15(12-9-5-2-6-10-12)14-11-7-3-1-4-8-11;;/h1-10H;;/q2*+1;-1. The second kappa shape index (κ2) is 6.82. The van der Waals surface area contributed by atoms with Gasteiger partial charge in [-0.05, 0) is 28.8 Å². The fourth-order valence-corrected chi connectivity index (χ4v) is 2.01. The summed E-state index contributed by atoms with van der Waals surface area (Å²) in [6, 6.07) is 18.3. The maximum atomic E-state index is 11.7. The van der Waals surface area contributed by atoms with Crippen molar-refractivity contribution in [1.82, 2.24) is 0 Å². The van der Waals surface area contributed by atoms with E-state index in [2.05, 4.69) is 0 Å². The summed E-state index contributed by atoms with van der Waals surface area (Å²) >= 11 is 0. The zero-order valence-corrected chi connectivity index (χ0v) is 11.9. The van der Waals surface area contributed by atoms with E-state index < -0.39 is 8.03 Å². The summed E-state index contributed by atoms with van der Waals surface area (Å²) in [5.41, 5.74) is 0. The molecular formula is C12H11NaO2P+. The van der Waals surface area contributed by atoms with Crippen LogP contribution in [0.3, 0.4) is 0 Å². The third-order valence-corrected chi connectivity index (χ3v) is 2.99. The molecule has 0 aliphatic rings. The molecular weight excluding hydrogens is 230 g/mol. The van der Waals surface area contributed by atoms with Gasteiger partial charge >= 0.3 is 37.6 Å². The Labute approximate surface area is 119 Å². The maximum absolute atomic E-state index is 11.7. The van der Waals surface area contributed by atoms with Gasteiger partial charge in [-0.1, -0.05) is 36.4 Å².